The average molecular weight is 177 g/mol. The second kappa shape index (κ2) is 58.5. The van der Waals surface area contributed by atoms with Crippen LogP contribution in [-0.4, -0.2) is 34.6 Å². The van der Waals surface area contributed by atoms with Crippen molar-refractivity contribution in [1.82, 2.24) is 0 Å². The van der Waals surface area contributed by atoms with Crippen molar-refractivity contribution >= 4 is 23.6 Å². The van der Waals surface area contributed by atoms with E-state index in [9.17, 15) is 2.81 Å². The van der Waals surface area contributed by atoms with E-state index < -0.39 is 0 Å². The maximum absolute atomic E-state index is 9.55. The first-order valence-corrected chi connectivity index (χ1v) is 1.13. The van der Waals surface area contributed by atoms with Crippen LogP contribution in [0.2, 0.25) is 0 Å². The molecule has 0 amide bonds. The number of rotatable bonds is 0. The molecule has 4 heteroatoms. The third-order valence-corrected chi connectivity index (χ3v) is 0. The minimum atomic E-state index is 0. The van der Waals surface area contributed by atoms with Gasteiger partial charge in [0.2, 0.25) is 0 Å². The van der Waals surface area contributed by atoms with Gasteiger partial charge in [-0.25, -0.2) is 0 Å². The zero-order chi connectivity index (χ0) is 2.00. The molecule has 0 fully saturated rings. The summed E-state index contributed by atoms with van der Waals surface area (Å²) in [5.41, 5.74) is 0. The summed E-state index contributed by atoms with van der Waals surface area (Å²) in [7, 11) is 0. The predicted molar refractivity (Wildman–Crippen MR) is 14.1 cm³/mol. The van der Waals surface area contributed by atoms with E-state index in [2.05, 4.69) is 0 Å². The van der Waals surface area contributed by atoms with Crippen molar-refractivity contribution in [2.45, 2.75) is 0 Å². The second-order valence-electron chi connectivity index (χ2n) is 0. The molecule has 4 N–H and O–H groups in total. The number of hydrogen-bond acceptors (Lipinski definition) is 0. The monoisotopic (exact) mass is 176 g/mol. The number of hydrogen-bond donors (Lipinski definition) is 0. The Bertz CT molecular complexity index is 6.00. The van der Waals surface area contributed by atoms with Crippen LogP contribution in [0.3, 0.4) is 0 Å². The van der Waals surface area contributed by atoms with Crippen LogP contribution in [0, 0.1) is 0 Å². The summed E-state index contributed by atoms with van der Waals surface area (Å²) in [6, 6.07) is 0. The molecule has 2 nitrogen and oxygen atoms in total. The van der Waals surface area contributed by atoms with Gasteiger partial charge in [-0.3, -0.25) is 0 Å². The Kier molecular flexibility index (Phi) is 330. The molecule has 0 spiro atoms. The van der Waals surface area contributed by atoms with Gasteiger partial charge in [0.15, 0.2) is 0 Å². The summed E-state index contributed by atoms with van der Waals surface area (Å²) >= 11 is 0.250. The van der Waals surface area contributed by atoms with E-state index in [4.69, 9.17) is 0 Å². The fourth-order valence-corrected chi connectivity index (χ4v) is 0. The number of halogens is 1. The van der Waals surface area contributed by atoms with Crippen molar-refractivity contribution in [3.63, 3.8) is 0 Å². The van der Waals surface area contributed by atoms with E-state index in [1.165, 1.54) is 0 Å². The van der Waals surface area contributed by atoms with Gasteiger partial charge in [-0.05, 0) is 0 Å². The predicted octanol–water partition coefficient (Wildman–Crippen LogP) is -1.61. The van der Waals surface area contributed by atoms with Gasteiger partial charge in [0.1, 0.15) is 0 Å². The fraction of sp³-hybridized carbons (Fsp3) is 0. The van der Waals surface area contributed by atoms with Crippen LogP contribution in [0.25, 0.3) is 0 Å². The van der Waals surface area contributed by atoms with Crippen molar-refractivity contribution in [2.24, 2.45) is 0 Å². The second-order valence-corrected chi connectivity index (χ2v) is 0. The first-order chi connectivity index (χ1) is 1.00. The van der Waals surface area contributed by atoms with Gasteiger partial charge < -0.3 is 11.0 Å². The Balaban J connectivity index is -0.00000000500. The molecule has 0 saturated carbocycles. The molecule has 0 aliphatic rings. The summed E-state index contributed by atoms with van der Waals surface area (Å²) in [5, 5.41) is 0. The Labute approximate surface area is 37.9 Å². The zero-order valence-electron chi connectivity index (χ0n) is 1.83. The molecule has 0 saturated heterocycles. The van der Waals surface area contributed by atoms with E-state index in [1.54, 1.807) is 0 Å². The minimum absolute atomic E-state index is 0. The van der Waals surface area contributed by atoms with E-state index in [0.717, 1.165) is 0 Å². The Hall–Kier alpha value is 0.668. The van der Waals surface area contributed by atoms with Crippen molar-refractivity contribution < 1.29 is 13.8 Å². The quantitative estimate of drug-likeness (QED) is 0.399. The van der Waals surface area contributed by atoms with Gasteiger partial charge >= 0.3 is 26.4 Å². The summed E-state index contributed by atoms with van der Waals surface area (Å²) in [4.78, 5) is 0. The summed E-state index contributed by atoms with van der Waals surface area (Å²) < 4.78 is 9.55. The average Bonchev–Trinajstić information content (AvgIpc) is 1.00. The Morgan fingerprint density at radius 1 is 1.00 bits per heavy atom. The molecule has 0 rings (SSSR count). The van der Waals surface area contributed by atoms with Gasteiger partial charge in [-0.2, -0.15) is 0 Å². The molecular weight excluding hydrogens is 173 g/mol. The van der Waals surface area contributed by atoms with Gasteiger partial charge in [-0.15, -0.1) is 0 Å². The summed E-state index contributed by atoms with van der Waals surface area (Å²) in [6.07, 6.45) is 0. The molecule has 0 heterocycles. The first-order valence-electron chi connectivity index (χ1n) is 0.169. The Morgan fingerprint density at radius 3 is 1.00 bits per heavy atom. The molecule has 0 aromatic carbocycles. The molecule has 28 valence electrons. The van der Waals surface area contributed by atoms with Crippen LogP contribution < -0.4 is 0 Å². The van der Waals surface area contributed by atoms with Crippen LogP contribution in [0.15, 0.2) is 0 Å². The Morgan fingerprint density at radius 2 is 1.00 bits per heavy atom. The molecular formula is H4FO2Sb. The van der Waals surface area contributed by atoms with Crippen molar-refractivity contribution in [3.05, 3.63) is 0 Å². The maximum atomic E-state index is 9.55. The zero-order valence-corrected chi connectivity index (χ0v) is 4.38. The van der Waals surface area contributed by atoms with Crippen LogP contribution in [0.5, 0.6) is 0 Å². The van der Waals surface area contributed by atoms with Gasteiger partial charge in [0.05, 0.1) is 0 Å². The molecule has 0 bridgehead atoms. The van der Waals surface area contributed by atoms with Crippen molar-refractivity contribution in [2.75, 3.05) is 0 Å². The molecule has 0 atom stereocenters. The van der Waals surface area contributed by atoms with E-state index in [-0.39, 0.29) is 34.6 Å². The summed E-state index contributed by atoms with van der Waals surface area (Å²) in [5.74, 6) is 0. The first kappa shape index (κ1) is 22.6. The standard InChI is InChI=1S/FH.2H2O.Sb/h1H;2*1H2;/q;;;+1/p-1. The van der Waals surface area contributed by atoms with E-state index >= 15 is 0 Å². The third-order valence-electron chi connectivity index (χ3n) is 0. The molecule has 0 aromatic heterocycles. The third kappa shape index (κ3) is 16.6. The van der Waals surface area contributed by atoms with Crippen molar-refractivity contribution in [3.8, 4) is 0 Å². The van der Waals surface area contributed by atoms with Crippen LogP contribution in [-0.2, 0) is 0 Å². The van der Waals surface area contributed by atoms with Gasteiger partial charge in [0.25, 0.3) is 0 Å². The van der Waals surface area contributed by atoms with Crippen LogP contribution in [0.4, 0.5) is 2.81 Å². The topological polar surface area (TPSA) is 63.0 Å². The molecule has 0 aromatic rings. The normalized spacial score (nSPS) is 1.50. The molecule has 0 unspecified atom stereocenters. The molecule has 0 aliphatic carbocycles. The van der Waals surface area contributed by atoms with Crippen LogP contribution >= 0.6 is 0 Å². The fourth-order valence-electron chi connectivity index (χ4n) is 0. The summed E-state index contributed by atoms with van der Waals surface area (Å²) in [6.45, 7) is 0. The van der Waals surface area contributed by atoms with E-state index in [0.29, 0.717) is 0 Å². The molecule has 0 aliphatic heterocycles. The SMILES string of the molecule is O.O.[F][Sb]. The van der Waals surface area contributed by atoms with Crippen molar-refractivity contribution in [1.29, 1.82) is 0 Å². The van der Waals surface area contributed by atoms with Gasteiger partial charge in [-0.1, -0.05) is 0 Å². The van der Waals surface area contributed by atoms with E-state index in [1.807, 2.05) is 0 Å². The molecule has 2 radical (unpaired) electrons. The van der Waals surface area contributed by atoms with Gasteiger partial charge in [0, 0.05) is 0 Å². The molecule has 4 heavy (non-hydrogen) atoms. The van der Waals surface area contributed by atoms with Crippen LogP contribution in [0.1, 0.15) is 0 Å².